The minimum Gasteiger partial charge on any atom is -0.133 e. The fraction of sp³-hybridized carbons (Fsp3) is 0.600. The molecule has 0 aromatic carbocycles. The Labute approximate surface area is 101 Å². The minimum atomic E-state index is 0.509. The molecule has 0 amide bonds. The summed E-state index contributed by atoms with van der Waals surface area (Å²) in [7, 11) is 0. The lowest BCUT2D eigenvalue weighted by molar-refractivity contribution is 0.583. The molecule has 1 aromatic heterocycles. The summed E-state index contributed by atoms with van der Waals surface area (Å²) in [6.45, 7) is 6.69. The quantitative estimate of drug-likeness (QED) is 0.661. The maximum absolute atomic E-state index is 3.74. The Kier molecular flexibility index (Phi) is 4.46. The fourth-order valence-electron chi connectivity index (χ4n) is 1.31. The number of thiophene rings is 1. The third kappa shape index (κ3) is 3.37. The average Bonchev–Trinajstić information content (AvgIpc) is 2.28. The molecule has 0 N–H and O–H groups in total. The van der Waals surface area contributed by atoms with E-state index in [1.54, 1.807) is 0 Å². The summed E-state index contributed by atoms with van der Waals surface area (Å²) in [6.07, 6.45) is 1.20. The van der Waals surface area contributed by atoms with Crippen LogP contribution in [-0.4, -0.2) is 0 Å². The van der Waals surface area contributed by atoms with Crippen molar-refractivity contribution in [1.29, 1.82) is 0 Å². The zero-order valence-electron chi connectivity index (χ0n) is 8.10. The third-order valence-corrected chi connectivity index (χ3v) is 4.38. The van der Waals surface area contributed by atoms with Gasteiger partial charge in [0.05, 0.1) is 3.79 Å². The van der Waals surface area contributed by atoms with Crippen LogP contribution >= 0.6 is 43.2 Å². The predicted molar refractivity (Wildman–Crippen MR) is 67.9 cm³/mol. The molecule has 1 unspecified atom stereocenters. The van der Waals surface area contributed by atoms with Crippen LogP contribution in [-0.2, 0) is 0 Å². The summed E-state index contributed by atoms with van der Waals surface area (Å²) >= 11 is 9.06. The lowest BCUT2D eigenvalue weighted by Crippen LogP contribution is -1.95. The number of aryl methyl sites for hydroxylation is 1. The van der Waals surface area contributed by atoms with Crippen LogP contribution in [0.15, 0.2) is 9.85 Å². The van der Waals surface area contributed by atoms with Crippen molar-refractivity contribution in [3.05, 3.63) is 20.3 Å². The van der Waals surface area contributed by atoms with Gasteiger partial charge in [-0.3, -0.25) is 0 Å². The number of hydrogen-bond donors (Lipinski definition) is 0. The number of alkyl halides is 1. The second-order valence-corrected chi connectivity index (χ2v) is 7.40. The van der Waals surface area contributed by atoms with Gasteiger partial charge in [-0.15, -0.1) is 11.3 Å². The molecule has 0 nitrogen and oxygen atoms in total. The molecule has 0 fully saturated rings. The minimum absolute atomic E-state index is 0.509. The molecule has 1 atom stereocenters. The van der Waals surface area contributed by atoms with E-state index in [2.05, 4.69) is 58.7 Å². The fourth-order valence-corrected chi connectivity index (χ4v) is 4.46. The van der Waals surface area contributed by atoms with Crippen LogP contribution < -0.4 is 0 Å². The first-order chi connectivity index (χ1) is 6.00. The topological polar surface area (TPSA) is 0 Å². The summed E-state index contributed by atoms with van der Waals surface area (Å²) in [5.41, 5.74) is 1.44. The Bertz CT molecular complexity index is 278. The Morgan fingerprint density at radius 1 is 1.46 bits per heavy atom. The van der Waals surface area contributed by atoms with Gasteiger partial charge in [0.15, 0.2) is 0 Å². The van der Waals surface area contributed by atoms with Gasteiger partial charge in [-0.05, 0) is 46.8 Å². The molecule has 1 aromatic rings. The molecule has 0 aliphatic heterocycles. The van der Waals surface area contributed by atoms with Gasteiger partial charge < -0.3 is 0 Å². The highest BCUT2D eigenvalue weighted by Crippen LogP contribution is 2.37. The van der Waals surface area contributed by atoms with Crippen molar-refractivity contribution < 1.29 is 0 Å². The van der Waals surface area contributed by atoms with Crippen molar-refractivity contribution in [3.8, 4) is 0 Å². The summed E-state index contributed by atoms with van der Waals surface area (Å²) < 4.78 is 1.23. The highest BCUT2D eigenvalue weighted by Gasteiger charge is 2.14. The molecule has 3 heteroatoms. The van der Waals surface area contributed by atoms with Crippen molar-refractivity contribution in [3.63, 3.8) is 0 Å². The maximum atomic E-state index is 3.74. The van der Waals surface area contributed by atoms with Crippen molar-refractivity contribution >= 4 is 43.2 Å². The van der Waals surface area contributed by atoms with E-state index in [4.69, 9.17) is 0 Å². The molecule has 1 heterocycles. The SMILES string of the molecule is Cc1sc(Br)cc1C(Br)CC(C)C. The van der Waals surface area contributed by atoms with Crippen LogP contribution in [0.3, 0.4) is 0 Å². The molecule has 0 spiro atoms. The van der Waals surface area contributed by atoms with Gasteiger partial charge >= 0.3 is 0 Å². The molecule has 13 heavy (non-hydrogen) atoms. The van der Waals surface area contributed by atoms with Gasteiger partial charge in [0.2, 0.25) is 0 Å². The Balaban J connectivity index is 2.76. The van der Waals surface area contributed by atoms with Gasteiger partial charge in [0, 0.05) is 9.70 Å². The second kappa shape index (κ2) is 4.94. The van der Waals surface area contributed by atoms with Crippen LogP contribution in [0.1, 0.15) is 35.5 Å². The zero-order chi connectivity index (χ0) is 10.0. The highest BCUT2D eigenvalue weighted by molar-refractivity contribution is 9.11. The van der Waals surface area contributed by atoms with Crippen molar-refractivity contribution in [2.75, 3.05) is 0 Å². The second-order valence-electron chi connectivity index (χ2n) is 3.66. The normalized spacial score (nSPS) is 13.7. The van der Waals surface area contributed by atoms with Gasteiger partial charge in [-0.2, -0.15) is 0 Å². The molecular weight excluding hydrogens is 312 g/mol. The zero-order valence-corrected chi connectivity index (χ0v) is 12.1. The molecule has 74 valence electrons. The Morgan fingerprint density at radius 2 is 2.08 bits per heavy atom. The third-order valence-electron chi connectivity index (χ3n) is 1.94. The molecule has 0 saturated carbocycles. The summed E-state index contributed by atoms with van der Waals surface area (Å²) in [5.74, 6) is 0.738. The molecule has 0 saturated heterocycles. The van der Waals surface area contributed by atoms with Crippen LogP contribution in [0.2, 0.25) is 0 Å². The molecule has 0 aliphatic carbocycles. The number of halogens is 2. The van der Waals surface area contributed by atoms with E-state index in [0.29, 0.717) is 4.83 Å². The summed E-state index contributed by atoms with van der Waals surface area (Å²) in [4.78, 5) is 1.92. The lowest BCUT2D eigenvalue weighted by Gasteiger charge is -2.11. The van der Waals surface area contributed by atoms with Gasteiger partial charge in [-0.1, -0.05) is 29.8 Å². The van der Waals surface area contributed by atoms with E-state index in [1.165, 1.54) is 20.6 Å². The number of rotatable bonds is 3. The lowest BCUT2D eigenvalue weighted by atomic mass is 10.0. The van der Waals surface area contributed by atoms with E-state index < -0.39 is 0 Å². The molecule has 0 aliphatic rings. The highest BCUT2D eigenvalue weighted by atomic mass is 79.9. The van der Waals surface area contributed by atoms with Crippen molar-refractivity contribution in [1.82, 2.24) is 0 Å². The summed E-state index contributed by atoms with van der Waals surface area (Å²) in [5, 5.41) is 0. The molecule has 0 radical (unpaired) electrons. The summed E-state index contributed by atoms with van der Waals surface area (Å²) in [6, 6.07) is 2.22. The largest absolute Gasteiger partial charge is 0.133 e. The smallest absolute Gasteiger partial charge is 0.0704 e. The van der Waals surface area contributed by atoms with Crippen LogP contribution in [0.5, 0.6) is 0 Å². The van der Waals surface area contributed by atoms with E-state index in [0.717, 1.165) is 5.92 Å². The monoisotopic (exact) mass is 324 g/mol. The molecule has 1 rings (SSSR count). The Morgan fingerprint density at radius 3 is 2.46 bits per heavy atom. The van der Waals surface area contributed by atoms with Crippen LogP contribution in [0.4, 0.5) is 0 Å². The van der Waals surface area contributed by atoms with Crippen molar-refractivity contribution in [2.24, 2.45) is 5.92 Å². The first-order valence-electron chi connectivity index (χ1n) is 4.40. The van der Waals surface area contributed by atoms with E-state index in [9.17, 15) is 0 Å². The maximum Gasteiger partial charge on any atom is 0.0704 e. The van der Waals surface area contributed by atoms with Gasteiger partial charge in [0.25, 0.3) is 0 Å². The standard InChI is InChI=1S/C10H14Br2S/c1-6(2)4-9(11)8-5-10(12)13-7(8)3/h5-6,9H,4H2,1-3H3. The van der Waals surface area contributed by atoms with E-state index in [1.807, 2.05) is 11.3 Å². The number of hydrogen-bond acceptors (Lipinski definition) is 1. The molecular formula is C10H14Br2S. The van der Waals surface area contributed by atoms with Crippen LogP contribution in [0.25, 0.3) is 0 Å². The molecule has 0 bridgehead atoms. The van der Waals surface area contributed by atoms with E-state index in [-0.39, 0.29) is 0 Å². The first kappa shape index (κ1) is 11.7. The predicted octanol–water partition coefficient (Wildman–Crippen LogP) is 5.30. The van der Waals surface area contributed by atoms with Gasteiger partial charge in [-0.25, -0.2) is 0 Å². The average molecular weight is 326 g/mol. The first-order valence-corrected chi connectivity index (χ1v) is 6.93. The van der Waals surface area contributed by atoms with Gasteiger partial charge in [0.1, 0.15) is 0 Å². The van der Waals surface area contributed by atoms with Crippen molar-refractivity contribution in [2.45, 2.75) is 32.0 Å². The Hall–Kier alpha value is 0.660. The van der Waals surface area contributed by atoms with Crippen LogP contribution in [0, 0.1) is 12.8 Å². The van der Waals surface area contributed by atoms with E-state index >= 15 is 0 Å².